The summed E-state index contributed by atoms with van der Waals surface area (Å²) in [4.78, 5) is 24.9. The van der Waals surface area contributed by atoms with E-state index in [1.54, 1.807) is 10.6 Å². The van der Waals surface area contributed by atoms with Crippen molar-refractivity contribution < 1.29 is 9.59 Å². The zero-order chi connectivity index (χ0) is 23.3. The van der Waals surface area contributed by atoms with Crippen molar-refractivity contribution in [1.82, 2.24) is 20.1 Å². The van der Waals surface area contributed by atoms with Crippen LogP contribution in [0.1, 0.15) is 47.1 Å². The number of carbonyl (C=O) groups excluding carboxylic acids is 2. The third-order valence-corrected chi connectivity index (χ3v) is 6.55. The number of benzene rings is 2. The molecule has 2 amide bonds. The predicted molar refractivity (Wildman–Crippen MR) is 136 cm³/mol. The second-order valence-corrected chi connectivity index (χ2v) is 9.92. The molecular formula is C23H26IN5O2S. The SMILES string of the molecule is Cc1cccc(C(=O)NCc2nnc(SCC(=O)Nc3cc(I)ccc3C(C)C)n2C)c1. The number of halogens is 1. The van der Waals surface area contributed by atoms with E-state index in [4.69, 9.17) is 0 Å². The predicted octanol–water partition coefficient (Wildman–Crippen LogP) is 4.51. The Morgan fingerprint density at radius 1 is 1.16 bits per heavy atom. The van der Waals surface area contributed by atoms with Gasteiger partial charge in [0.15, 0.2) is 11.0 Å². The van der Waals surface area contributed by atoms with E-state index in [2.05, 4.69) is 63.3 Å². The number of carbonyl (C=O) groups is 2. The molecule has 32 heavy (non-hydrogen) atoms. The Kier molecular flexibility index (Phi) is 8.30. The molecule has 7 nitrogen and oxygen atoms in total. The van der Waals surface area contributed by atoms with Gasteiger partial charge < -0.3 is 15.2 Å². The van der Waals surface area contributed by atoms with Crippen LogP contribution in [0.4, 0.5) is 5.69 Å². The highest BCUT2D eigenvalue weighted by atomic mass is 127. The topological polar surface area (TPSA) is 88.9 Å². The van der Waals surface area contributed by atoms with E-state index in [0.717, 1.165) is 20.4 Å². The van der Waals surface area contributed by atoms with Crippen LogP contribution in [-0.4, -0.2) is 32.3 Å². The molecule has 2 N–H and O–H groups in total. The monoisotopic (exact) mass is 563 g/mol. The first-order valence-electron chi connectivity index (χ1n) is 10.2. The smallest absolute Gasteiger partial charge is 0.251 e. The van der Waals surface area contributed by atoms with Crippen LogP contribution in [0, 0.1) is 10.5 Å². The quantitative estimate of drug-likeness (QED) is 0.311. The molecular weight excluding hydrogens is 537 g/mol. The highest BCUT2D eigenvalue weighted by molar-refractivity contribution is 14.1. The molecule has 3 aromatic rings. The van der Waals surface area contributed by atoms with Crippen LogP contribution >= 0.6 is 34.4 Å². The minimum atomic E-state index is -0.163. The fourth-order valence-corrected chi connectivity index (χ4v) is 4.35. The number of hydrogen-bond donors (Lipinski definition) is 2. The second kappa shape index (κ2) is 11.0. The molecule has 0 spiro atoms. The normalized spacial score (nSPS) is 10.9. The lowest BCUT2D eigenvalue weighted by atomic mass is 10.0. The van der Waals surface area contributed by atoms with Crippen LogP contribution in [-0.2, 0) is 18.4 Å². The Labute approximate surface area is 205 Å². The average Bonchev–Trinajstić information content (AvgIpc) is 3.09. The number of aromatic nitrogens is 3. The highest BCUT2D eigenvalue weighted by Crippen LogP contribution is 2.26. The van der Waals surface area contributed by atoms with E-state index in [9.17, 15) is 9.59 Å². The van der Waals surface area contributed by atoms with Crippen molar-refractivity contribution in [2.45, 2.75) is 38.4 Å². The first-order valence-corrected chi connectivity index (χ1v) is 12.3. The number of nitrogens with zero attached hydrogens (tertiary/aromatic N) is 3. The van der Waals surface area contributed by atoms with E-state index >= 15 is 0 Å². The lowest BCUT2D eigenvalue weighted by molar-refractivity contribution is -0.113. The summed E-state index contributed by atoms with van der Waals surface area (Å²) in [6, 6.07) is 13.5. The van der Waals surface area contributed by atoms with Crippen molar-refractivity contribution in [3.8, 4) is 0 Å². The summed E-state index contributed by atoms with van der Waals surface area (Å²) in [7, 11) is 1.82. The van der Waals surface area contributed by atoms with Crippen LogP contribution < -0.4 is 10.6 Å². The molecule has 3 rings (SSSR count). The Bertz CT molecular complexity index is 1130. The lowest BCUT2D eigenvalue weighted by Gasteiger charge is -2.14. The molecule has 0 atom stereocenters. The van der Waals surface area contributed by atoms with Crippen LogP contribution in [0.15, 0.2) is 47.6 Å². The molecule has 2 aromatic carbocycles. The van der Waals surface area contributed by atoms with Crippen molar-refractivity contribution in [2.75, 3.05) is 11.1 Å². The maximum Gasteiger partial charge on any atom is 0.251 e. The summed E-state index contributed by atoms with van der Waals surface area (Å²) in [6.07, 6.45) is 0. The third kappa shape index (κ3) is 6.32. The van der Waals surface area contributed by atoms with Gasteiger partial charge in [-0.3, -0.25) is 9.59 Å². The van der Waals surface area contributed by atoms with E-state index in [1.807, 2.05) is 44.3 Å². The summed E-state index contributed by atoms with van der Waals surface area (Å²) in [6.45, 7) is 6.40. The second-order valence-electron chi connectivity index (χ2n) is 7.73. The molecule has 0 aliphatic carbocycles. The van der Waals surface area contributed by atoms with Crippen molar-refractivity contribution in [1.29, 1.82) is 0 Å². The van der Waals surface area contributed by atoms with Crippen molar-refractivity contribution in [3.63, 3.8) is 0 Å². The maximum absolute atomic E-state index is 12.5. The molecule has 0 bridgehead atoms. The zero-order valence-electron chi connectivity index (χ0n) is 18.5. The summed E-state index contributed by atoms with van der Waals surface area (Å²) >= 11 is 3.55. The molecule has 0 radical (unpaired) electrons. The molecule has 0 unspecified atom stereocenters. The minimum absolute atomic E-state index is 0.101. The van der Waals surface area contributed by atoms with E-state index in [1.165, 1.54) is 11.8 Å². The molecule has 1 aromatic heterocycles. The van der Waals surface area contributed by atoms with Gasteiger partial charge in [-0.25, -0.2) is 0 Å². The fraction of sp³-hybridized carbons (Fsp3) is 0.304. The Balaban J connectivity index is 1.56. The lowest BCUT2D eigenvalue weighted by Crippen LogP contribution is -2.24. The van der Waals surface area contributed by atoms with Crippen LogP contribution in [0.3, 0.4) is 0 Å². The molecule has 0 saturated carbocycles. The molecule has 0 aliphatic heterocycles. The Hall–Kier alpha value is -2.40. The number of nitrogens with one attached hydrogen (secondary N) is 2. The maximum atomic E-state index is 12.5. The Morgan fingerprint density at radius 3 is 2.66 bits per heavy atom. The van der Waals surface area contributed by atoms with Gasteiger partial charge in [-0.2, -0.15) is 0 Å². The van der Waals surface area contributed by atoms with Crippen LogP contribution in [0.25, 0.3) is 0 Å². The van der Waals surface area contributed by atoms with Gasteiger partial charge in [0.05, 0.1) is 12.3 Å². The van der Waals surface area contributed by atoms with Gasteiger partial charge in [0.25, 0.3) is 5.91 Å². The van der Waals surface area contributed by atoms with E-state index in [0.29, 0.717) is 22.5 Å². The van der Waals surface area contributed by atoms with Crippen molar-refractivity contribution in [2.24, 2.45) is 7.05 Å². The largest absolute Gasteiger partial charge is 0.345 e. The summed E-state index contributed by atoms with van der Waals surface area (Å²) < 4.78 is 2.86. The number of rotatable bonds is 8. The average molecular weight is 563 g/mol. The molecule has 0 fully saturated rings. The van der Waals surface area contributed by atoms with Crippen LogP contribution in [0.2, 0.25) is 0 Å². The standard InChI is InChI=1S/C23H26IN5O2S/c1-14(2)18-9-8-17(24)11-19(18)26-21(30)13-32-23-28-27-20(29(23)4)12-25-22(31)16-7-5-6-15(3)10-16/h5-11,14H,12-13H2,1-4H3,(H,25,31)(H,26,30). The number of aryl methyl sites for hydroxylation is 1. The molecule has 0 aliphatic rings. The number of hydrogen-bond acceptors (Lipinski definition) is 5. The van der Waals surface area contributed by atoms with Gasteiger partial charge in [-0.15, -0.1) is 10.2 Å². The minimum Gasteiger partial charge on any atom is -0.345 e. The van der Waals surface area contributed by atoms with Gasteiger partial charge in [0.2, 0.25) is 5.91 Å². The summed E-state index contributed by atoms with van der Waals surface area (Å²) in [5.74, 6) is 0.879. The molecule has 0 saturated heterocycles. The number of amides is 2. The Morgan fingerprint density at radius 2 is 1.94 bits per heavy atom. The van der Waals surface area contributed by atoms with Crippen molar-refractivity contribution >= 4 is 51.9 Å². The number of thioether (sulfide) groups is 1. The van der Waals surface area contributed by atoms with E-state index in [-0.39, 0.29) is 24.1 Å². The third-order valence-electron chi connectivity index (χ3n) is 4.86. The van der Waals surface area contributed by atoms with Gasteiger partial charge in [0, 0.05) is 21.9 Å². The van der Waals surface area contributed by atoms with Gasteiger partial charge >= 0.3 is 0 Å². The molecule has 168 valence electrons. The number of anilines is 1. The summed E-state index contributed by atoms with van der Waals surface area (Å²) in [5.41, 5.74) is 3.58. The van der Waals surface area contributed by atoms with Gasteiger partial charge in [0.1, 0.15) is 0 Å². The fourth-order valence-electron chi connectivity index (χ4n) is 3.13. The first kappa shape index (κ1) is 24.2. The first-order chi connectivity index (χ1) is 15.2. The van der Waals surface area contributed by atoms with Gasteiger partial charge in [-0.1, -0.05) is 49.4 Å². The zero-order valence-corrected chi connectivity index (χ0v) is 21.5. The highest BCUT2D eigenvalue weighted by Gasteiger charge is 2.15. The van der Waals surface area contributed by atoms with Crippen LogP contribution in [0.5, 0.6) is 0 Å². The molecule has 9 heteroatoms. The van der Waals surface area contributed by atoms with E-state index < -0.39 is 0 Å². The van der Waals surface area contributed by atoms with Crippen molar-refractivity contribution in [3.05, 3.63) is 68.5 Å². The van der Waals surface area contributed by atoms with Gasteiger partial charge in [-0.05, 0) is 65.3 Å². The summed E-state index contributed by atoms with van der Waals surface area (Å²) in [5, 5.41) is 14.8. The molecule has 1 heterocycles.